The van der Waals surface area contributed by atoms with Crippen molar-refractivity contribution in [1.29, 1.82) is 0 Å². The molecule has 2 rings (SSSR count). The maximum absolute atomic E-state index is 12.3. The molecule has 1 heterocycles. The van der Waals surface area contributed by atoms with Crippen LogP contribution in [0.25, 0.3) is 0 Å². The Morgan fingerprint density at radius 3 is 2.65 bits per heavy atom. The van der Waals surface area contributed by atoms with Gasteiger partial charge in [0.2, 0.25) is 10.0 Å². The molecule has 0 amide bonds. The van der Waals surface area contributed by atoms with E-state index in [1.54, 1.807) is 23.2 Å². The van der Waals surface area contributed by atoms with Gasteiger partial charge in [-0.15, -0.1) is 11.3 Å². The second kappa shape index (κ2) is 6.79. The van der Waals surface area contributed by atoms with Crippen LogP contribution in [0, 0.1) is 0 Å². The van der Waals surface area contributed by atoms with Crippen molar-refractivity contribution in [2.45, 2.75) is 48.4 Å². The van der Waals surface area contributed by atoms with Gasteiger partial charge < -0.3 is 5.11 Å². The van der Waals surface area contributed by atoms with Crippen LogP contribution in [-0.4, -0.2) is 31.1 Å². The van der Waals surface area contributed by atoms with Crippen LogP contribution in [0.5, 0.6) is 0 Å². The van der Waals surface area contributed by atoms with E-state index in [0.29, 0.717) is 11.4 Å². The molecule has 1 saturated carbocycles. The lowest BCUT2D eigenvalue weighted by Crippen LogP contribution is -2.41. The molecular weight excluding hydrogens is 314 g/mol. The second-order valence-corrected chi connectivity index (χ2v) is 9.22. The Labute approximate surface area is 129 Å². The van der Waals surface area contributed by atoms with Gasteiger partial charge in [0.1, 0.15) is 0 Å². The lowest BCUT2D eigenvalue weighted by molar-refractivity contribution is 0.285. The summed E-state index contributed by atoms with van der Waals surface area (Å²) in [6, 6.07) is 1.54. The maximum atomic E-state index is 12.3. The summed E-state index contributed by atoms with van der Waals surface area (Å²) in [6.45, 7) is 0.371. The lowest BCUT2D eigenvalue weighted by atomic mass is 9.88. The van der Waals surface area contributed by atoms with Gasteiger partial charge in [-0.25, -0.2) is 13.1 Å². The van der Waals surface area contributed by atoms with E-state index in [-0.39, 0.29) is 16.2 Å². The van der Waals surface area contributed by atoms with Gasteiger partial charge in [-0.1, -0.05) is 19.3 Å². The number of hydrogen-bond donors (Lipinski definition) is 2. The van der Waals surface area contributed by atoms with Crippen LogP contribution in [0.1, 0.15) is 37.0 Å². The van der Waals surface area contributed by atoms with Crippen LogP contribution in [-0.2, 0) is 16.6 Å². The highest BCUT2D eigenvalue weighted by Crippen LogP contribution is 2.38. The van der Waals surface area contributed by atoms with Crippen molar-refractivity contribution in [3.8, 4) is 0 Å². The minimum Gasteiger partial charge on any atom is -0.391 e. The van der Waals surface area contributed by atoms with Crippen LogP contribution in [0.3, 0.4) is 0 Å². The van der Waals surface area contributed by atoms with E-state index in [9.17, 15) is 8.42 Å². The Kier molecular flexibility index (Phi) is 5.53. The normalized spacial score (nSPS) is 19.1. The first-order valence-electron chi connectivity index (χ1n) is 6.74. The third kappa shape index (κ3) is 3.76. The number of rotatable bonds is 6. The summed E-state index contributed by atoms with van der Waals surface area (Å²) in [5.74, 6) is 0. The molecule has 1 aliphatic carbocycles. The summed E-state index contributed by atoms with van der Waals surface area (Å²) in [7, 11) is -3.46. The molecule has 0 spiro atoms. The van der Waals surface area contributed by atoms with Crippen molar-refractivity contribution in [2.24, 2.45) is 0 Å². The highest BCUT2D eigenvalue weighted by Gasteiger charge is 2.32. The number of aliphatic hydroxyl groups is 1. The molecule has 4 nitrogen and oxygen atoms in total. The highest BCUT2D eigenvalue weighted by molar-refractivity contribution is 8.00. The van der Waals surface area contributed by atoms with Crippen LogP contribution < -0.4 is 4.72 Å². The summed E-state index contributed by atoms with van der Waals surface area (Å²) in [5, 5.41) is 10.6. The molecule has 114 valence electrons. The average molecular weight is 336 g/mol. The molecule has 0 aliphatic heterocycles. The molecule has 7 heteroatoms. The molecule has 1 fully saturated rings. The van der Waals surface area contributed by atoms with Gasteiger partial charge in [0.15, 0.2) is 0 Å². The number of thiophene rings is 1. The molecule has 0 radical (unpaired) electrons. The molecular formula is C13H21NO3S3. The summed E-state index contributed by atoms with van der Waals surface area (Å²) in [4.78, 5) is 0.932. The lowest BCUT2D eigenvalue weighted by Gasteiger charge is -2.35. The Hall–Kier alpha value is -0.0800. The summed E-state index contributed by atoms with van der Waals surface area (Å²) in [6.07, 6.45) is 7.81. The second-order valence-electron chi connectivity index (χ2n) is 5.18. The van der Waals surface area contributed by atoms with Crippen LogP contribution in [0.4, 0.5) is 0 Å². The maximum Gasteiger partial charge on any atom is 0.241 e. The fraction of sp³-hybridized carbons (Fsp3) is 0.692. The summed E-state index contributed by atoms with van der Waals surface area (Å²) in [5.41, 5.74) is 0. The summed E-state index contributed by atoms with van der Waals surface area (Å²) >= 11 is 3.04. The molecule has 20 heavy (non-hydrogen) atoms. The monoisotopic (exact) mass is 335 g/mol. The van der Waals surface area contributed by atoms with E-state index in [4.69, 9.17) is 5.11 Å². The van der Waals surface area contributed by atoms with Gasteiger partial charge in [0.05, 0.1) is 11.5 Å². The third-order valence-electron chi connectivity index (χ3n) is 3.88. The zero-order valence-corrected chi connectivity index (χ0v) is 14.0. The fourth-order valence-corrected chi connectivity index (χ4v) is 5.81. The molecule has 0 aromatic carbocycles. The van der Waals surface area contributed by atoms with Gasteiger partial charge in [0, 0.05) is 21.5 Å². The van der Waals surface area contributed by atoms with E-state index in [2.05, 4.69) is 11.0 Å². The molecule has 1 aliphatic rings. The van der Waals surface area contributed by atoms with Gasteiger partial charge >= 0.3 is 0 Å². The Balaban J connectivity index is 2.04. The zero-order valence-electron chi connectivity index (χ0n) is 11.6. The zero-order chi connectivity index (χ0) is 14.6. The van der Waals surface area contributed by atoms with Gasteiger partial charge in [-0.3, -0.25) is 0 Å². The molecule has 2 N–H and O–H groups in total. The van der Waals surface area contributed by atoms with Gasteiger partial charge in [-0.2, -0.15) is 11.8 Å². The molecule has 0 saturated heterocycles. The predicted molar refractivity (Wildman–Crippen MR) is 84.8 cm³/mol. The first kappa shape index (κ1) is 16.3. The first-order valence-corrected chi connectivity index (χ1v) is 10.3. The number of hydrogen-bond acceptors (Lipinski definition) is 5. The minimum absolute atomic E-state index is 0.0428. The van der Waals surface area contributed by atoms with Crippen molar-refractivity contribution in [3.63, 3.8) is 0 Å². The van der Waals surface area contributed by atoms with Gasteiger partial charge in [0.25, 0.3) is 0 Å². The smallest absolute Gasteiger partial charge is 0.241 e. The van der Waals surface area contributed by atoms with Crippen molar-refractivity contribution in [1.82, 2.24) is 4.72 Å². The Morgan fingerprint density at radius 1 is 1.40 bits per heavy atom. The number of nitrogens with one attached hydrogen (secondary N) is 1. The topological polar surface area (TPSA) is 66.4 Å². The Bertz CT molecular complexity index is 533. The Morgan fingerprint density at radius 2 is 2.10 bits per heavy atom. The van der Waals surface area contributed by atoms with Crippen LogP contribution in [0.15, 0.2) is 16.3 Å². The number of sulfonamides is 1. The van der Waals surface area contributed by atoms with Crippen molar-refractivity contribution < 1.29 is 13.5 Å². The average Bonchev–Trinajstić information content (AvgIpc) is 2.96. The van der Waals surface area contributed by atoms with E-state index in [0.717, 1.165) is 12.8 Å². The molecule has 0 unspecified atom stereocenters. The van der Waals surface area contributed by atoms with E-state index in [1.807, 2.05) is 0 Å². The van der Waals surface area contributed by atoms with Crippen molar-refractivity contribution in [2.75, 3.05) is 12.8 Å². The van der Waals surface area contributed by atoms with Crippen molar-refractivity contribution >= 4 is 33.1 Å². The highest BCUT2D eigenvalue weighted by atomic mass is 32.2. The predicted octanol–water partition coefficient (Wildman–Crippen LogP) is 2.58. The van der Waals surface area contributed by atoms with E-state index < -0.39 is 10.0 Å². The molecule has 1 aromatic rings. The first-order chi connectivity index (χ1) is 9.51. The van der Waals surface area contributed by atoms with Crippen LogP contribution >= 0.6 is 23.1 Å². The molecule has 0 bridgehead atoms. The van der Waals surface area contributed by atoms with Crippen LogP contribution in [0.2, 0.25) is 0 Å². The van der Waals surface area contributed by atoms with Crippen molar-refractivity contribution in [3.05, 3.63) is 16.3 Å². The van der Waals surface area contributed by atoms with E-state index in [1.165, 1.54) is 30.6 Å². The molecule has 0 atom stereocenters. The SMILES string of the molecule is CSC1(CNS(=O)(=O)c2csc(CO)c2)CCCCC1. The largest absolute Gasteiger partial charge is 0.391 e. The molecule has 1 aromatic heterocycles. The number of thioether (sulfide) groups is 1. The third-order valence-corrected chi connectivity index (χ3v) is 7.75. The quantitative estimate of drug-likeness (QED) is 0.838. The number of aliphatic hydroxyl groups excluding tert-OH is 1. The fourth-order valence-electron chi connectivity index (χ4n) is 2.54. The van der Waals surface area contributed by atoms with Gasteiger partial charge in [-0.05, 0) is 25.2 Å². The summed E-state index contributed by atoms with van der Waals surface area (Å²) < 4.78 is 27.3. The minimum atomic E-state index is -3.46. The standard InChI is InChI=1S/C13H21NO3S3/c1-18-13(5-3-2-4-6-13)10-14-20(16,17)12-7-11(8-15)19-9-12/h7,9,14-15H,2-6,8,10H2,1H3. The van der Waals surface area contributed by atoms with E-state index >= 15 is 0 Å².